The molecule has 0 aliphatic rings. The second-order valence-corrected chi connectivity index (χ2v) is 7.39. The van der Waals surface area contributed by atoms with Crippen molar-refractivity contribution in [1.29, 1.82) is 0 Å². The normalized spacial score (nSPS) is 15.7. The lowest BCUT2D eigenvalue weighted by molar-refractivity contribution is 0.220. The Morgan fingerprint density at radius 3 is 2.31 bits per heavy atom. The van der Waals surface area contributed by atoms with E-state index in [-0.39, 0.29) is 11.0 Å². The van der Waals surface area contributed by atoms with Crippen LogP contribution in [0.2, 0.25) is 0 Å². The van der Waals surface area contributed by atoms with Gasteiger partial charge in [-0.2, -0.15) is 8.42 Å². The van der Waals surface area contributed by atoms with Crippen molar-refractivity contribution in [3.05, 3.63) is 30.3 Å². The Morgan fingerprint density at radius 2 is 1.81 bits per heavy atom. The van der Waals surface area contributed by atoms with Crippen LogP contribution in [0.3, 0.4) is 0 Å². The average Bonchev–Trinajstić information content (AvgIpc) is 2.16. The molecule has 0 N–H and O–H groups in total. The summed E-state index contributed by atoms with van der Waals surface area (Å²) in [6, 6.07) is 8.21. The largest absolute Gasteiger partial charge is 0.297 e. The number of benzene rings is 1. The van der Waals surface area contributed by atoms with E-state index in [0.29, 0.717) is 10.3 Å². The van der Waals surface area contributed by atoms with Crippen LogP contribution in [0.5, 0.6) is 0 Å². The highest BCUT2D eigenvalue weighted by molar-refractivity contribution is 14.1. The predicted octanol–water partition coefficient (Wildman–Crippen LogP) is 2.99. The lowest BCUT2D eigenvalue weighted by atomic mass is 10.2. The highest BCUT2D eigenvalue weighted by Crippen LogP contribution is 2.17. The maximum atomic E-state index is 11.8. The summed E-state index contributed by atoms with van der Waals surface area (Å²) in [5, 5.41) is 0. The van der Waals surface area contributed by atoms with Crippen molar-refractivity contribution < 1.29 is 12.6 Å². The maximum Gasteiger partial charge on any atom is 0.297 e. The molecule has 0 aliphatic heterocycles. The molecule has 1 aromatic rings. The first-order valence-electron chi connectivity index (χ1n) is 5.04. The third-order valence-corrected chi connectivity index (χ3v) is 3.92. The van der Waals surface area contributed by atoms with Crippen LogP contribution in [-0.2, 0) is 14.3 Å². The summed E-state index contributed by atoms with van der Waals surface area (Å²) < 4.78 is 29.1. The van der Waals surface area contributed by atoms with Crippen LogP contribution in [0.1, 0.15) is 20.3 Å². The molecule has 0 saturated heterocycles. The second kappa shape index (κ2) is 5.97. The fourth-order valence-corrected chi connectivity index (χ4v) is 3.18. The van der Waals surface area contributed by atoms with Gasteiger partial charge in [0.15, 0.2) is 0 Å². The van der Waals surface area contributed by atoms with E-state index >= 15 is 0 Å². The van der Waals surface area contributed by atoms with Crippen molar-refractivity contribution in [1.82, 2.24) is 0 Å². The number of alkyl halides is 1. The van der Waals surface area contributed by atoms with Crippen LogP contribution < -0.4 is 0 Å². The van der Waals surface area contributed by atoms with E-state index in [0.717, 1.165) is 0 Å². The molecule has 0 radical (unpaired) electrons. The van der Waals surface area contributed by atoms with Gasteiger partial charge in [-0.3, -0.25) is 4.18 Å². The molecule has 0 aromatic heterocycles. The molecule has 0 saturated carbocycles. The van der Waals surface area contributed by atoms with Gasteiger partial charge in [0.25, 0.3) is 10.1 Å². The van der Waals surface area contributed by atoms with E-state index in [9.17, 15) is 8.42 Å². The molecule has 0 heterocycles. The predicted molar refractivity (Wildman–Crippen MR) is 72.3 cm³/mol. The fourth-order valence-electron chi connectivity index (χ4n) is 1.36. The molecular weight excluding hydrogens is 339 g/mol. The molecule has 0 fully saturated rings. The number of halogens is 1. The van der Waals surface area contributed by atoms with E-state index in [1.807, 2.05) is 6.92 Å². The Bertz CT molecular complexity index is 414. The van der Waals surface area contributed by atoms with Crippen molar-refractivity contribution >= 4 is 32.7 Å². The zero-order valence-electron chi connectivity index (χ0n) is 9.26. The molecule has 5 heteroatoms. The number of hydrogen-bond donors (Lipinski definition) is 0. The summed E-state index contributed by atoms with van der Waals surface area (Å²) in [5.74, 6) is 0. The Morgan fingerprint density at radius 1 is 1.25 bits per heavy atom. The fraction of sp³-hybridized carbons (Fsp3) is 0.455. The lowest BCUT2D eigenvalue weighted by Gasteiger charge is -2.14. The first kappa shape index (κ1) is 13.9. The van der Waals surface area contributed by atoms with Gasteiger partial charge in [-0.1, -0.05) is 47.7 Å². The molecular formula is C11H15IO3S. The highest BCUT2D eigenvalue weighted by Gasteiger charge is 2.19. The van der Waals surface area contributed by atoms with E-state index in [1.165, 1.54) is 12.1 Å². The van der Waals surface area contributed by atoms with Crippen LogP contribution >= 0.6 is 22.6 Å². The molecule has 1 aromatic carbocycles. The monoisotopic (exact) mass is 354 g/mol. The van der Waals surface area contributed by atoms with Crippen LogP contribution in [0, 0.1) is 0 Å². The summed E-state index contributed by atoms with van der Waals surface area (Å²) >= 11 is 2.25. The quantitative estimate of drug-likeness (QED) is 0.464. The van der Waals surface area contributed by atoms with E-state index < -0.39 is 10.1 Å². The summed E-state index contributed by atoms with van der Waals surface area (Å²) in [6.45, 7) is 3.80. The molecule has 2 unspecified atom stereocenters. The van der Waals surface area contributed by atoms with Gasteiger partial charge in [-0.15, -0.1) is 0 Å². The van der Waals surface area contributed by atoms with E-state index in [2.05, 4.69) is 22.6 Å². The molecule has 1 rings (SSSR count). The average molecular weight is 354 g/mol. The third kappa shape index (κ3) is 4.39. The maximum absolute atomic E-state index is 11.8. The van der Waals surface area contributed by atoms with Gasteiger partial charge in [-0.05, 0) is 25.5 Å². The van der Waals surface area contributed by atoms with E-state index in [1.54, 1.807) is 25.1 Å². The highest BCUT2D eigenvalue weighted by atomic mass is 127. The van der Waals surface area contributed by atoms with Crippen molar-refractivity contribution in [2.24, 2.45) is 0 Å². The van der Waals surface area contributed by atoms with Gasteiger partial charge in [0.2, 0.25) is 0 Å². The zero-order chi connectivity index (χ0) is 12.2. The van der Waals surface area contributed by atoms with Crippen LogP contribution in [0.25, 0.3) is 0 Å². The molecule has 0 aliphatic carbocycles. The second-order valence-electron chi connectivity index (χ2n) is 3.69. The standard InChI is InChI=1S/C11H15IO3S/c1-9(12)8-10(2)15-16(13,14)11-6-4-3-5-7-11/h3-7,9-10H,8H2,1-2H3. The van der Waals surface area contributed by atoms with Gasteiger partial charge in [0.1, 0.15) is 0 Å². The Kier molecular flexibility index (Phi) is 5.20. The van der Waals surface area contributed by atoms with Gasteiger partial charge in [-0.25, -0.2) is 0 Å². The Labute approximate surface area is 110 Å². The molecule has 0 spiro atoms. The minimum Gasteiger partial charge on any atom is -0.263 e. The number of rotatable bonds is 5. The first-order valence-corrected chi connectivity index (χ1v) is 7.69. The zero-order valence-corrected chi connectivity index (χ0v) is 12.2. The third-order valence-electron chi connectivity index (χ3n) is 1.98. The van der Waals surface area contributed by atoms with Crippen molar-refractivity contribution in [3.63, 3.8) is 0 Å². The summed E-state index contributed by atoms with van der Waals surface area (Å²) in [4.78, 5) is 0.211. The van der Waals surface area contributed by atoms with Crippen molar-refractivity contribution in [2.45, 2.75) is 35.2 Å². The van der Waals surface area contributed by atoms with Gasteiger partial charge < -0.3 is 0 Å². The molecule has 16 heavy (non-hydrogen) atoms. The summed E-state index contributed by atoms with van der Waals surface area (Å²) in [6.07, 6.45) is 0.421. The molecule has 0 amide bonds. The van der Waals surface area contributed by atoms with Crippen LogP contribution in [0.15, 0.2) is 35.2 Å². The smallest absolute Gasteiger partial charge is 0.263 e. The Balaban J connectivity index is 2.73. The van der Waals surface area contributed by atoms with Crippen LogP contribution in [0.4, 0.5) is 0 Å². The Hall–Kier alpha value is -0.140. The molecule has 0 bridgehead atoms. The van der Waals surface area contributed by atoms with Gasteiger partial charge in [0.05, 0.1) is 11.0 Å². The van der Waals surface area contributed by atoms with Gasteiger partial charge >= 0.3 is 0 Å². The molecule has 3 nitrogen and oxygen atoms in total. The topological polar surface area (TPSA) is 43.4 Å². The van der Waals surface area contributed by atoms with E-state index in [4.69, 9.17) is 4.18 Å². The lowest BCUT2D eigenvalue weighted by Crippen LogP contribution is -2.18. The summed E-state index contributed by atoms with van der Waals surface area (Å²) in [5.41, 5.74) is 0. The SMILES string of the molecule is CC(I)CC(C)OS(=O)(=O)c1ccccc1. The van der Waals surface area contributed by atoms with Gasteiger partial charge in [0, 0.05) is 3.92 Å². The minimum absolute atomic E-state index is 0.211. The summed E-state index contributed by atoms with van der Waals surface area (Å²) in [7, 11) is -3.61. The minimum atomic E-state index is -3.61. The molecule has 90 valence electrons. The van der Waals surface area contributed by atoms with Crippen LogP contribution in [-0.4, -0.2) is 18.4 Å². The van der Waals surface area contributed by atoms with Crippen molar-refractivity contribution in [3.8, 4) is 0 Å². The van der Waals surface area contributed by atoms with Crippen molar-refractivity contribution in [2.75, 3.05) is 0 Å². The first-order chi connectivity index (χ1) is 7.42. The number of hydrogen-bond acceptors (Lipinski definition) is 3. The molecule has 2 atom stereocenters.